The Hall–Kier alpha value is -1.81. The van der Waals surface area contributed by atoms with E-state index >= 15 is 0 Å². The number of nitrogen functional groups attached to an aromatic ring is 1. The number of carboxylic acid groups (broad SMARTS) is 1. The lowest BCUT2D eigenvalue weighted by molar-refractivity contribution is -0.296. The van der Waals surface area contributed by atoms with E-state index in [-0.39, 0.29) is 12.4 Å². The zero-order valence-corrected chi connectivity index (χ0v) is 14.9. The summed E-state index contributed by atoms with van der Waals surface area (Å²) in [7, 11) is 0. The first-order valence-corrected chi connectivity index (χ1v) is 9.09. The third kappa shape index (κ3) is 4.12. The number of hydrogen-bond donors (Lipinski definition) is 5. The van der Waals surface area contributed by atoms with Crippen molar-refractivity contribution in [1.82, 2.24) is 9.55 Å². The Kier molecular flexibility index (Phi) is 6.18. The molecule has 0 spiro atoms. The van der Waals surface area contributed by atoms with Crippen LogP contribution in [-0.4, -0.2) is 84.4 Å². The molecule has 0 unspecified atom stereocenters. The third-order valence-corrected chi connectivity index (χ3v) is 5.28. The van der Waals surface area contributed by atoms with Crippen LogP contribution < -0.4 is 11.4 Å². The lowest BCUT2D eigenvalue weighted by Gasteiger charge is -2.38. The Balaban J connectivity index is 1.59. The highest BCUT2D eigenvalue weighted by atomic mass is 32.2. The standard InChI is InChI=1S/C14H18FN3O9S/c15-4-1-18(14(24)17-11(4)16)5-3-28-6(26-5)2-25-13-9(21)7(19)8(20)10(27-13)12(22)23/h1,5-10,13,19-21H,2-3H2,(H,22,23)(H2,16,17,24)/t5-,6+,7-,8-,9+,10-,13+/m0/s1. The van der Waals surface area contributed by atoms with Crippen molar-refractivity contribution in [3.8, 4) is 0 Å². The lowest BCUT2D eigenvalue weighted by atomic mass is 9.99. The maximum absolute atomic E-state index is 13.5. The summed E-state index contributed by atoms with van der Waals surface area (Å²) < 4.78 is 30.3. The Bertz CT molecular complexity index is 796. The number of ether oxygens (including phenoxy) is 3. The number of anilines is 1. The second kappa shape index (κ2) is 8.28. The number of aliphatic hydroxyl groups excluding tert-OH is 3. The van der Waals surface area contributed by atoms with Gasteiger partial charge in [0.05, 0.1) is 12.8 Å². The zero-order chi connectivity index (χ0) is 20.6. The fourth-order valence-corrected chi connectivity index (χ4v) is 3.70. The highest BCUT2D eigenvalue weighted by Gasteiger charge is 2.47. The summed E-state index contributed by atoms with van der Waals surface area (Å²) in [5, 5.41) is 38.3. The van der Waals surface area contributed by atoms with Crippen LogP contribution in [-0.2, 0) is 19.0 Å². The van der Waals surface area contributed by atoms with Gasteiger partial charge in [0.15, 0.2) is 24.0 Å². The molecule has 14 heteroatoms. The lowest BCUT2D eigenvalue weighted by Crippen LogP contribution is -2.60. The van der Waals surface area contributed by atoms with Crippen LogP contribution in [0.4, 0.5) is 10.2 Å². The van der Waals surface area contributed by atoms with E-state index in [1.54, 1.807) is 0 Å². The monoisotopic (exact) mass is 423 g/mol. The zero-order valence-electron chi connectivity index (χ0n) is 14.1. The third-order valence-electron chi connectivity index (χ3n) is 4.19. The van der Waals surface area contributed by atoms with Gasteiger partial charge in [0.1, 0.15) is 30.0 Å². The quantitative estimate of drug-likeness (QED) is 0.334. The minimum absolute atomic E-state index is 0.211. The van der Waals surface area contributed by atoms with Gasteiger partial charge in [-0.25, -0.2) is 14.0 Å². The molecule has 0 saturated carbocycles. The van der Waals surface area contributed by atoms with E-state index in [2.05, 4.69) is 4.98 Å². The second-order valence-corrected chi connectivity index (χ2v) is 7.28. The first-order valence-electron chi connectivity index (χ1n) is 8.04. The summed E-state index contributed by atoms with van der Waals surface area (Å²) in [5.41, 5.74) is 3.77. The summed E-state index contributed by atoms with van der Waals surface area (Å²) in [6, 6.07) is 0. The number of halogens is 1. The molecule has 0 bridgehead atoms. The molecule has 2 saturated heterocycles. The second-order valence-electron chi connectivity index (χ2n) is 6.09. The van der Waals surface area contributed by atoms with Crippen molar-refractivity contribution in [2.45, 2.75) is 42.4 Å². The smallest absolute Gasteiger partial charge is 0.351 e. The normalized spacial score (nSPS) is 35.8. The van der Waals surface area contributed by atoms with Gasteiger partial charge in [0.25, 0.3) is 0 Å². The van der Waals surface area contributed by atoms with Crippen LogP contribution in [0.25, 0.3) is 0 Å². The van der Waals surface area contributed by atoms with Gasteiger partial charge in [0.2, 0.25) is 0 Å². The molecule has 156 valence electrons. The number of rotatable bonds is 5. The fourth-order valence-electron chi connectivity index (χ4n) is 2.70. The van der Waals surface area contributed by atoms with Crippen molar-refractivity contribution in [3.05, 3.63) is 22.5 Å². The molecule has 2 aliphatic heterocycles. The number of nitrogens with zero attached hydrogens (tertiary/aromatic N) is 2. The molecule has 0 radical (unpaired) electrons. The van der Waals surface area contributed by atoms with Gasteiger partial charge in [0, 0.05) is 5.75 Å². The predicted molar refractivity (Wildman–Crippen MR) is 89.5 cm³/mol. The Morgan fingerprint density at radius 1 is 1.36 bits per heavy atom. The number of hydrogen-bond acceptors (Lipinski definition) is 11. The van der Waals surface area contributed by atoms with Gasteiger partial charge in [-0.2, -0.15) is 4.98 Å². The Morgan fingerprint density at radius 3 is 2.75 bits per heavy atom. The number of carboxylic acids is 1. The number of carbonyl (C=O) groups is 1. The molecule has 6 N–H and O–H groups in total. The van der Waals surface area contributed by atoms with Crippen molar-refractivity contribution >= 4 is 23.5 Å². The first kappa shape index (κ1) is 20.9. The van der Waals surface area contributed by atoms with Gasteiger partial charge in [-0.3, -0.25) is 4.57 Å². The van der Waals surface area contributed by atoms with E-state index in [4.69, 9.17) is 25.1 Å². The number of aromatic nitrogens is 2. The average molecular weight is 423 g/mol. The van der Waals surface area contributed by atoms with Gasteiger partial charge in [-0.05, 0) is 0 Å². The van der Waals surface area contributed by atoms with Crippen molar-refractivity contribution in [2.24, 2.45) is 0 Å². The van der Waals surface area contributed by atoms with Gasteiger partial charge in [-0.15, -0.1) is 11.8 Å². The SMILES string of the molecule is Nc1nc(=O)n([C@@H]2CS[C@H](CO[C@@H]3O[C@H](C(=O)O)[C@@H](O)[C@H](O)[C@H]3O)O2)cc1F. The molecule has 2 fully saturated rings. The highest BCUT2D eigenvalue weighted by molar-refractivity contribution is 8.00. The fraction of sp³-hybridized carbons (Fsp3) is 0.643. The van der Waals surface area contributed by atoms with Crippen molar-refractivity contribution in [3.63, 3.8) is 0 Å². The minimum Gasteiger partial charge on any atom is -0.479 e. The Morgan fingerprint density at radius 2 is 2.07 bits per heavy atom. The first-order chi connectivity index (χ1) is 13.2. The molecular formula is C14H18FN3O9S. The van der Waals surface area contributed by atoms with Crippen molar-refractivity contribution in [2.75, 3.05) is 18.1 Å². The minimum atomic E-state index is -1.83. The van der Waals surface area contributed by atoms with Crippen LogP contribution in [0.5, 0.6) is 0 Å². The van der Waals surface area contributed by atoms with Crippen molar-refractivity contribution in [1.29, 1.82) is 0 Å². The molecule has 3 rings (SSSR count). The summed E-state index contributed by atoms with van der Waals surface area (Å²) in [6.07, 6.45) is -8.57. The topological polar surface area (TPSA) is 187 Å². The van der Waals surface area contributed by atoms with E-state index in [0.29, 0.717) is 0 Å². The molecule has 12 nitrogen and oxygen atoms in total. The van der Waals surface area contributed by atoms with Gasteiger partial charge < -0.3 is 40.4 Å². The number of aliphatic hydroxyl groups is 3. The van der Waals surface area contributed by atoms with E-state index in [1.165, 1.54) is 11.8 Å². The molecule has 28 heavy (non-hydrogen) atoms. The van der Waals surface area contributed by atoms with E-state index < -0.39 is 65.7 Å². The molecular weight excluding hydrogens is 405 g/mol. The summed E-state index contributed by atoms with van der Waals surface area (Å²) in [5.74, 6) is -2.68. The van der Waals surface area contributed by atoms with Crippen LogP contribution in [0.3, 0.4) is 0 Å². The van der Waals surface area contributed by atoms with E-state index in [1.807, 2.05) is 0 Å². The molecule has 0 aliphatic carbocycles. The van der Waals surface area contributed by atoms with Gasteiger partial charge in [-0.1, -0.05) is 0 Å². The van der Waals surface area contributed by atoms with Crippen LogP contribution in [0.15, 0.2) is 11.0 Å². The molecule has 1 aromatic heterocycles. The largest absolute Gasteiger partial charge is 0.479 e. The van der Waals surface area contributed by atoms with Crippen LogP contribution in [0.2, 0.25) is 0 Å². The molecule has 7 atom stereocenters. The van der Waals surface area contributed by atoms with Crippen LogP contribution >= 0.6 is 11.8 Å². The summed E-state index contributed by atoms with van der Waals surface area (Å²) in [4.78, 5) is 26.2. The average Bonchev–Trinajstić information content (AvgIpc) is 3.10. The Labute approximate surface area is 160 Å². The van der Waals surface area contributed by atoms with Crippen molar-refractivity contribution < 1.29 is 43.8 Å². The number of aliphatic carboxylic acids is 1. The van der Waals surface area contributed by atoms with Crippen LogP contribution in [0.1, 0.15) is 6.23 Å². The summed E-state index contributed by atoms with van der Waals surface area (Å²) >= 11 is 1.21. The number of nitrogens with two attached hydrogens (primary N) is 1. The predicted octanol–water partition coefficient (Wildman–Crippen LogP) is -2.54. The molecule has 3 heterocycles. The van der Waals surface area contributed by atoms with E-state index in [9.17, 15) is 29.3 Å². The molecule has 2 aliphatic rings. The molecule has 0 amide bonds. The maximum Gasteiger partial charge on any atom is 0.351 e. The summed E-state index contributed by atoms with van der Waals surface area (Å²) in [6.45, 7) is -0.211. The molecule has 1 aromatic rings. The number of thioether (sulfide) groups is 1. The van der Waals surface area contributed by atoms with Gasteiger partial charge >= 0.3 is 11.7 Å². The maximum atomic E-state index is 13.5. The molecule has 0 aromatic carbocycles. The van der Waals surface area contributed by atoms with E-state index in [0.717, 1.165) is 10.8 Å². The highest BCUT2D eigenvalue weighted by Crippen LogP contribution is 2.32. The van der Waals surface area contributed by atoms with Crippen LogP contribution in [0, 0.1) is 5.82 Å².